The van der Waals surface area contributed by atoms with E-state index in [2.05, 4.69) is 41.5 Å². The Morgan fingerprint density at radius 1 is 0.621 bits per heavy atom. The van der Waals surface area contributed by atoms with Gasteiger partial charge in [0.1, 0.15) is 0 Å². The van der Waals surface area contributed by atoms with Gasteiger partial charge in [-0.05, 0) is 37.0 Å². The van der Waals surface area contributed by atoms with Crippen LogP contribution in [0.15, 0.2) is 0 Å². The first-order chi connectivity index (χ1) is 13.5. The van der Waals surface area contributed by atoms with Crippen molar-refractivity contribution >= 4 is 7.60 Å². The smallest absolute Gasteiger partial charge is 0.308 e. The fraction of sp³-hybridized carbons (Fsp3) is 1.00. The molecule has 0 amide bonds. The normalized spacial score (nSPS) is 16.6. The Morgan fingerprint density at radius 2 is 0.966 bits per heavy atom. The van der Waals surface area contributed by atoms with Crippen molar-refractivity contribution in [2.24, 2.45) is 17.8 Å². The SMILES string of the molecule is CCCCC(CC)COP(=O)(CC(CC)CCCC)OCC(CC)CCCC.[Nd]. The summed E-state index contributed by atoms with van der Waals surface area (Å²) in [5, 5.41) is 0. The zero-order valence-electron chi connectivity index (χ0n) is 20.5. The molecule has 3 unspecified atom stereocenters. The summed E-state index contributed by atoms with van der Waals surface area (Å²) in [6.45, 7) is 14.5. The van der Waals surface area contributed by atoms with Crippen molar-refractivity contribution in [1.29, 1.82) is 0 Å². The molecule has 0 aliphatic rings. The van der Waals surface area contributed by atoms with Crippen LogP contribution in [0.1, 0.15) is 119 Å². The Balaban J connectivity index is 0. The molecule has 0 radical (unpaired) electrons. The molecule has 0 saturated heterocycles. The molecule has 0 aliphatic heterocycles. The van der Waals surface area contributed by atoms with E-state index in [1.807, 2.05) is 0 Å². The first kappa shape index (κ1) is 32.7. The van der Waals surface area contributed by atoms with Gasteiger partial charge in [0.15, 0.2) is 0 Å². The molecule has 29 heavy (non-hydrogen) atoms. The molecule has 174 valence electrons. The zero-order valence-corrected chi connectivity index (χ0v) is 24.6. The molecule has 0 N–H and O–H groups in total. The van der Waals surface area contributed by atoms with Crippen molar-refractivity contribution in [2.45, 2.75) is 119 Å². The zero-order chi connectivity index (χ0) is 21.3. The third-order valence-corrected chi connectivity index (χ3v) is 8.17. The summed E-state index contributed by atoms with van der Waals surface area (Å²) in [7, 11) is -3.03. The summed E-state index contributed by atoms with van der Waals surface area (Å²) in [4.78, 5) is 0. The molecule has 3 atom stereocenters. The van der Waals surface area contributed by atoms with Gasteiger partial charge in [0, 0.05) is 40.8 Å². The van der Waals surface area contributed by atoms with Gasteiger partial charge < -0.3 is 9.05 Å². The molecular weight excluding hydrogens is 511 g/mol. The van der Waals surface area contributed by atoms with Crippen LogP contribution >= 0.6 is 7.60 Å². The summed E-state index contributed by atoms with van der Waals surface area (Å²) in [5.41, 5.74) is 0. The fourth-order valence-corrected chi connectivity index (χ4v) is 5.84. The van der Waals surface area contributed by atoms with Gasteiger partial charge in [-0.3, -0.25) is 4.57 Å². The van der Waals surface area contributed by atoms with Gasteiger partial charge in [-0.1, -0.05) is 99.3 Å². The molecular formula is C24H51NdO3P. The van der Waals surface area contributed by atoms with E-state index >= 15 is 0 Å². The van der Waals surface area contributed by atoms with Gasteiger partial charge in [0.25, 0.3) is 0 Å². The van der Waals surface area contributed by atoms with Gasteiger partial charge in [0.2, 0.25) is 0 Å². The van der Waals surface area contributed by atoms with E-state index in [1.54, 1.807) is 0 Å². The molecule has 0 heterocycles. The van der Waals surface area contributed by atoms with Gasteiger partial charge in [-0.25, -0.2) is 0 Å². The van der Waals surface area contributed by atoms with Crippen LogP contribution in [-0.2, 0) is 13.6 Å². The molecule has 0 spiro atoms. The van der Waals surface area contributed by atoms with Crippen molar-refractivity contribution in [1.82, 2.24) is 0 Å². The van der Waals surface area contributed by atoms with Crippen molar-refractivity contribution in [3.8, 4) is 0 Å². The molecule has 0 aromatic heterocycles. The average Bonchev–Trinajstić information content (AvgIpc) is 2.71. The topological polar surface area (TPSA) is 35.5 Å². The molecule has 0 saturated carbocycles. The molecule has 0 aromatic rings. The second kappa shape index (κ2) is 21.4. The van der Waals surface area contributed by atoms with Crippen molar-refractivity contribution in [2.75, 3.05) is 19.4 Å². The monoisotopic (exact) mass is 560 g/mol. The minimum Gasteiger partial charge on any atom is -0.308 e. The maximum atomic E-state index is 13.7. The number of hydrogen-bond donors (Lipinski definition) is 0. The predicted molar refractivity (Wildman–Crippen MR) is 124 cm³/mol. The van der Waals surface area contributed by atoms with E-state index in [0.29, 0.717) is 37.1 Å². The minimum absolute atomic E-state index is 0. The van der Waals surface area contributed by atoms with Crippen molar-refractivity contribution in [3.63, 3.8) is 0 Å². The summed E-state index contributed by atoms with van der Waals surface area (Å²) in [6, 6.07) is 0. The van der Waals surface area contributed by atoms with Crippen molar-refractivity contribution in [3.05, 3.63) is 0 Å². The Morgan fingerprint density at radius 3 is 1.28 bits per heavy atom. The van der Waals surface area contributed by atoms with Crippen LogP contribution in [0.4, 0.5) is 0 Å². The second-order valence-electron chi connectivity index (χ2n) is 8.63. The van der Waals surface area contributed by atoms with E-state index in [4.69, 9.17) is 9.05 Å². The number of hydrogen-bond acceptors (Lipinski definition) is 3. The quantitative estimate of drug-likeness (QED) is 0.139. The number of rotatable bonds is 20. The van der Waals surface area contributed by atoms with Crippen LogP contribution in [0.2, 0.25) is 0 Å². The van der Waals surface area contributed by atoms with Crippen LogP contribution in [0, 0.1) is 58.6 Å². The maximum Gasteiger partial charge on any atom is 0.330 e. The van der Waals surface area contributed by atoms with Crippen LogP contribution in [-0.4, -0.2) is 19.4 Å². The summed E-state index contributed by atoms with van der Waals surface area (Å²) < 4.78 is 25.9. The van der Waals surface area contributed by atoms with Crippen LogP contribution in [0.25, 0.3) is 0 Å². The van der Waals surface area contributed by atoms with E-state index in [-0.39, 0.29) is 40.8 Å². The van der Waals surface area contributed by atoms with Gasteiger partial charge in [-0.2, -0.15) is 0 Å². The molecule has 0 rings (SSSR count). The molecule has 0 fully saturated rings. The minimum atomic E-state index is -3.03. The summed E-state index contributed by atoms with van der Waals surface area (Å²) >= 11 is 0. The maximum absolute atomic E-state index is 13.7. The van der Waals surface area contributed by atoms with E-state index in [9.17, 15) is 4.57 Å². The molecule has 3 nitrogen and oxygen atoms in total. The summed E-state index contributed by atoms with van der Waals surface area (Å²) in [6.07, 6.45) is 14.5. The molecule has 0 aliphatic carbocycles. The Hall–Kier alpha value is 1.50. The Bertz CT molecular complexity index is 368. The molecule has 0 bridgehead atoms. The van der Waals surface area contributed by atoms with Gasteiger partial charge in [-0.15, -0.1) is 0 Å². The molecule has 0 aromatic carbocycles. The predicted octanol–water partition coefficient (Wildman–Crippen LogP) is 8.86. The third-order valence-electron chi connectivity index (χ3n) is 6.13. The first-order valence-corrected chi connectivity index (χ1v) is 14.1. The first-order valence-electron chi connectivity index (χ1n) is 12.4. The standard InChI is InChI=1S/C24H51O3P.Nd/c1-7-13-16-22(10-4)19-26-28(25,21-24(12-6)18-15-9-3)27-20-23(11-5)17-14-8-2;/h22-24H,7-21H2,1-6H3;. The molecule has 5 heteroatoms. The third kappa shape index (κ3) is 16.7. The van der Waals surface area contributed by atoms with Gasteiger partial charge in [0.05, 0.1) is 19.4 Å². The number of unbranched alkanes of at least 4 members (excludes halogenated alkanes) is 3. The Labute approximate surface area is 216 Å². The fourth-order valence-electron chi connectivity index (χ4n) is 3.61. The van der Waals surface area contributed by atoms with E-state index in [1.165, 1.54) is 38.5 Å². The van der Waals surface area contributed by atoms with Crippen LogP contribution in [0.5, 0.6) is 0 Å². The van der Waals surface area contributed by atoms with E-state index in [0.717, 1.165) is 38.5 Å². The largest absolute Gasteiger partial charge is 0.330 e. The Kier molecular flexibility index (Phi) is 24.1. The van der Waals surface area contributed by atoms with Crippen LogP contribution < -0.4 is 0 Å². The van der Waals surface area contributed by atoms with E-state index < -0.39 is 7.60 Å². The average molecular weight is 563 g/mol. The van der Waals surface area contributed by atoms with Crippen LogP contribution in [0.3, 0.4) is 0 Å². The van der Waals surface area contributed by atoms with Crippen molar-refractivity contribution < 1.29 is 54.5 Å². The summed E-state index contributed by atoms with van der Waals surface area (Å²) in [5.74, 6) is 1.43. The van der Waals surface area contributed by atoms with Gasteiger partial charge >= 0.3 is 7.60 Å². The second-order valence-corrected chi connectivity index (χ2v) is 10.7.